The molecule has 0 aromatic heterocycles. The number of unbranched alkanes of at least 4 members (excludes halogenated alkanes) is 2. The van der Waals surface area contributed by atoms with E-state index in [1.165, 1.54) is 58.2 Å². The fourth-order valence-electron chi connectivity index (χ4n) is 3.17. The Balaban J connectivity index is 1.99. The van der Waals surface area contributed by atoms with Crippen molar-refractivity contribution in [2.45, 2.75) is 79.1 Å². The average molecular weight is 296 g/mol. The van der Waals surface area contributed by atoms with E-state index < -0.39 is 0 Å². The Morgan fingerprint density at radius 1 is 1.05 bits per heavy atom. The lowest BCUT2D eigenvalue weighted by Gasteiger charge is -2.32. The van der Waals surface area contributed by atoms with E-state index in [0.717, 1.165) is 24.7 Å². The van der Waals surface area contributed by atoms with Crippen molar-refractivity contribution < 1.29 is 4.79 Å². The summed E-state index contributed by atoms with van der Waals surface area (Å²) < 4.78 is 0. The van der Waals surface area contributed by atoms with Gasteiger partial charge in [0.05, 0.1) is 0 Å². The van der Waals surface area contributed by atoms with Crippen LogP contribution in [0.5, 0.6) is 0 Å². The van der Waals surface area contributed by atoms with Crippen LogP contribution in [0.3, 0.4) is 0 Å². The first-order valence-corrected chi connectivity index (χ1v) is 9.24. The van der Waals surface area contributed by atoms with Crippen molar-refractivity contribution in [3.05, 3.63) is 0 Å². The smallest absolute Gasteiger partial charge is 0.135 e. The molecule has 0 aromatic rings. The van der Waals surface area contributed by atoms with Gasteiger partial charge in [-0.1, -0.05) is 47.0 Å². The molecule has 0 spiro atoms. The number of piperidine rings is 1. The van der Waals surface area contributed by atoms with Crippen molar-refractivity contribution >= 4 is 5.78 Å². The third-order valence-electron chi connectivity index (χ3n) is 4.90. The zero-order chi connectivity index (χ0) is 15.7. The third kappa shape index (κ3) is 8.60. The lowest BCUT2D eigenvalue weighted by Crippen LogP contribution is -2.34. The zero-order valence-electron chi connectivity index (χ0n) is 14.9. The topological polar surface area (TPSA) is 20.3 Å². The maximum absolute atomic E-state index is 11.5. The van der Waals surface area contributed by atoms with Gasteiger partial charge in [0, 0.05) is 12.3 Å². The molecule has 1 rings (SSSR count). The van der Waals surface area contributed by atoms with E-state index >= 15 is 0 Å². The molecule has 0 bridgehead atoms. The predicted octanol–water partition coefficient (Wildman–Crippen LogP) is 4.92. The Hall–Kier alpha value is -0.370. The molecule has 0 aliphatic carbocycles. The normalized spacial score (nSPS) is 17.8. The summed E-state index contributed by atoms with van der Waals surface area (Å²) in [6.07, 6.45) is 9.99. The molecule has 1 aliphatic heterocycles. The first-order chi connectivity index (χ1) is 9.99. The Morgan fingerprint density at radius 2 is 1.71 bits per heavy atom. The molecule has 1 saturated heterocycles. The fraction of sp³-hybridized carbons (Fsp3) is 0.947. The van der Waals surface area contributed by atoms with Crippen molar-refractivity contribution in [2.24, 2.45) is 17.8 Å². The Morgan fingerprint density at radius 3 is 2.29 bits per heavy atom. The van der Waals surface area contributed by atoms with Crippen LogP contribution in [0.2, 0.25) is 0 Å². The Labute approximate surface area is 132 Å². The van der Waals surface area contributed by atoms with Gasteiger partial charge in [0.25, 0.3) is 0 Å². The molecule has 2 nitrogen and oxygen atoms in total. The second-order valence-corrected chi connectivity index (χ2v) is 7.69. The van der Waals surface area contributed by atoms with Gasteiger partial charge in [-0.2, -0.15) is 0 Å². The van der Waals surface area contributed by atoms with E-state index in [4.69, 9.17) is 0 Å². The van der Waals surface area contributed by atoms with Gasteiger partial charge in [-0.25, -0.2) is 0 Å². The number of Topliss-reactive ketones (excluding diaryl/α,β-unsaturated/α-hetero) is 1. The molecule has 21 heavy (non-hydrogen) atoms. The van der Waals surface area contributed by atoms with Crippen LogP contribution in [-0.2, 0) is 4.79 Å². The minimum absolute atomic E-state index is 0.217. The number of likely N-dealkylation sites (tertiary alicyclic amines) is 1. The molecule has 2 heteroatoms. The monoisotopic (exact) mass is 295 g/mol. The van der Waals surface area contributed by atoms with Crippen LogP contribution in [0.4, 0.5) is 0 Å². The predicted molar refractivity (Wildman–Crippen MR) is 91.5 cm³/mol. The summed E-state index contributed by atoms with van der Waals surface area (Å²) in [4.78, 5) is 14.2. The summed E-state index contributed by atoms with van der Waals surface area (Å²) in [7, 11) is 0. The van der Waals surface area contributed by atoms with E-state index in [9.17, 15) is 4.79 Å². The Kier molecular flexibility index (Phi) is 9.23. The fourth-order valence-corrected chi connectivity index (χ4v) is 3.17. The van der Waals surface area contributed by atoms with Gasteiger partial charge < -0.3 is 4.90 Å². The van der Waals surface area contributed by atoms with Gasteiger partial charge in [0.15, 0.2) is 0 Å². The molecule has 1 aliphatic rings. The van der Waals surface area contributed by atoms with Crippen LogP contribution in [0.15, 0.2) is 0 Å². The van der Waals surface area contributed by atoms with Gasteiger partial charge in [0.2, 0.25) is 0 Å². The maximum atomic E-state index is 11.5. The van der Waals surface area contributed by atoms with Gasteiger partial charge >= 0.3 is 0 Å². The second-order valence-electron chi connectivity index (χ2n) is 7.69. The van der Waals surface area contributed by atoms with E-state index in [-0.39, 0.29) is 5.92 Å². The molecule has 1 heterocycles. The summed E-state index contributed by atoms with van der Waals surface area (Å²) in [6, 6.07) is 0. The first-order valence-electron chi connectivity index (χ1n) is 9.24. The van der Waals surface area contributed by atoms with Gasteiger partial charge in [-0.15, -0.1) is 0 Å². The SMILES string of the molecule is CC(C)CCC1CCN(CCCCCC(=O)C(C)C)CC1. The molecule has 124 valence electrons. The highest BCUT2D eigenvalue weighted by Gasteiger charge is 2.18. The van der Waals surface area contributed by atoms with Crippen molar-refractivity contribution in [3.8, 4) is 0 Å². The zero-order valence-corrected chi connectivity index (χ0v) is 14.9. The van der Waals surface area contributed by atoms with Crippen LogP contribution >= 0.6 is 0 Å². The highest BCUT2D eigenvalue weighted by atomic mass is 16.1. The highest BCUT2D eigenvalue weighted by Crippen LogP contribution is 2.24. The van der Waals surface area contributed by atoms with E-state index in [0.29, 0.717) is 5.78 Å². The number of hydrogen-bond acceptors (Lipinski definition) is 2. The lowest BCUT2D eigenvalue weighted by molar-refractivity contribution is -0.122. The minimum Gasteiger partial charge on any atom is -0.303 e. The number of nitrogens with zero attached hydrogens (tertiary/aromatic N) is 1. The summed E-state index contributed by atoms with van der Waals surface area (Å²) in [6.45, 7) is 12.5. The first kappa shape index (κ1) is 18.7. The Bertz CT molecular complexity index is 277. The molecule has 0 amide bonds. The summed E-state index contributed by atoms with van der Waals surface area (Å²) >= 11 is 0. The molecular weight excluding hydrogens is 258 g/mol. The lowest BCUT2D eigenvalue weighted by atomic mass is 9.89. The van der Waals surface area contributed by atoms with Crippen LogP contribution in [0.1, 0.15) is 79.1 Å². The quantitative estimate of drug-likeness (QED) is 0.533. The molecule has 1 fully saturated rings. The number of rotatable bonds is 10. The van der Waals surface area contributed by atoms with E-state index in [1.54, 1.807) is 0 Å². The van der Waals surface area contributed by atoms with Gasteiger partial charge in [0.1, 0.15) is 5.78 Å². The maximum Gasteiger partial charge on any atom is 0.135 e. The van der Waals surface area contributed by atoms with Gasteiger partial charge in [-0.05, 0) is 57.2 Å². The van der Waals surface area contributed by atoms with Crippen molar-refractivity contribution in [1.82, 2.24) is 4.90 Å². The molecule has 0 unspecified atom stereocenters. The largest absolute Gasteiger partial charge is 0.303 e. The minimum atomic E-state index is 0.217. The van der Waals surface area contributed by atoms with Crippen LogP contribution in [-0.4, -0.2) is 30.3 Å². The van der Waals surface area contributed by atoms with Crippen LogP contribution in [0.25, 0.3) is 0 Å². The highest BCUT2D eigenvalue weighted by molar-refractivity contribution is 5.80. The van der Waals surface area contributed by atoms with E-state index in [2.05, 4.69) is 18.7 Å². The summed E-state index contributed by atoms with van der Waals surface area (Å²) in [5.74, 6) is 2.49. The molecule has 0 atom stereocenters. The number of carbonyl (C=O) groups is 1. The van der Waals surface area contributed by atoms with Crippen molar-refractivity contribution in [3.63, 3.8) is 0 Å². The van der Waals surface area contributed by atoms with Crippen LogP contribution < -0.4 is 0 Å². The van der Waals surface area contributed by atoms with Crippen molar-refractivity contribution in [1.29, 1.82) is 0 Å². The van der Waals surface area contributed by atoms with Gasteiger partial charge in [-0.3, -0.25) is 4.79 Å². The molecule has 0 aromatic carbocycles. The molecule has 0 radical (unpaired) electrons. The average Bonchev–Trinajstić information content (AvgIpc) is 2.45. The molecule has 0 saturated carbocycles. The summed E-state index contributed by atoms with van der Waals surface area (Å²) in [5.41, 5.74) is 0. The van der Waals surface area contributed by atoms with Crippen LogP contribution in [0, 0.1) is 17.8 Å². The van der Waals surface area contributed by atoms with E-state index in [1.807, 2.05) is 13.8 Å². The molecular formula is C19H37NO. The molecule has 0 N–H and O–H groups in total. The summed E-state index contributed by atoms with van der Waals surface area (Å²) in [5, 5.41) is 0. The second kappa shape index (κ2) is 10.4. The number of ketones is 1. The third-order valence-corrected chi connectivity index (χ3v) is 4.90. The number of hydrogen-bond donors (Lipinski definition) is 0. The van der Waals surface area contributed by atoms with Crippen molar-refractivity contribution in [2.75, 3.05) is 19.6 Å². The number of carbonyl (C=O) groups excluding carboxylic acids is 1. The standard InChI is InChI=1S/C19H37NO/c1-16(2)9-10-18-11-14-20(15-12-18)13-7-5-6-8-19(21)17(3)4/h16-18H,5-15H2,1-4H3.